The van der Waals surface area contributed by atoms with Gasteiger partial charge in [-0.3, -0.25) is 9.71 Å². The van der Waals surface area contributed by atoms with Crippen LogP contribution in [0.3, 0.4) is 0 Å². The van der Waals surface area contributed by atoms with E-state index in [4.69, 9.17) is 0 Å². The van der Waals surface area contributed by atoms with Crippen LogP contribution in [0.15, 0.2) is 76.6 Å². The van der Waals surface area contributed by atoms with Gasteiger partial charge in [0.2, 0.25) is 0 Å². The Kier molecular flexibility index (Phi) is 4.27. The molecule has 4 aromatic rings. The van der Waals surface area contributed by atoms with Crippen molar-refractivity contribution in [2.24, 2.45) is 0 Å². The minimum atomic E-state index is -3.59. The number of hydrogen-bond donors (Lipinski definition) is 2. The predicted octanol–water partition coefficient (Wildman–Crippen LogP) is 4.24. The van der Waals surface area contributed by atoms with Crippen molar-refractivity contribution in [2.45, 2.75) is 4.21 Å². The van der Waals surface area contributed by atoms with E-state index >= 15 is 0 Å². The highest BCUT2D eigenvalue weighted by molar-refractivity contribution is 7.94. The van der Waals surface area contributed by atoms with Crippen LogP contribution in [0.1, 0.15) is 0 Å². The summed E-state index contributed by atoms with van der Waals surface area (Å²) in [5.74, 6) is 0.264. The van der Waals surface area contributed by atoms with Gasteiger partial charge in [0.05, 0.1) is 23.1 Å². The van der Waals surface area contributed by atoms with Crippen molar-refractivity contribution >= 4 is 49.5 Å². The Hall–Kier alpha value is -2.97. The SMILES string of the molecule is O=S(=O)(Nc1ccc(Nc2cccc3cccnc23)cn1)c1cccs1. The summed E-state index contributed by atoms with van der Waals surface area (Å²) in [5, 5.41) is 6.01. The molecule has 0 aliphatic carbocycles. The second-order valence-electron chi connectivity index (χ2n) is 5.48. The largest absolute Gasteiger partial charge is 0.352 e. The number of anilines is 3. The fraction of sp³-hybridized carbons (Fsp3) is 0. The Morgan fingerprint density at radius 3 is 2.58 bits per heavy atom. The van der Waals surface area contributed by atoms with Gasteiger partial charge in [-0.05, 0) is 35.7 Å². The third-order valence-corrected chi connectivity index (χ3v) is 6.43. The highest BCUT2D eigenvalue weighted by Gasteiger charge is 2.15. The zero-order valence-electron chi connectivity index (χ0n) is 13.5. The van der Waals surface area contributed by atoms with Crippen molar-refractivity contribution in [1.82, 2.24) is 9.97 Å². The number of nitrogens with zero attached hydrogens (tertiary/aromatic N) is 2. The summed E-state index contributed by atoms with van der Waals surface area (Å²) in [5.41, 5.74) is 2.46. The van der Waals surface area contributed by atoms with Crippen LogP contribution in [0.2, 0.25) is 0 Å². The molecule has 0 aliphatic heterocycles. The Morgan fingerprint density at radius 1 is 0.923 bits per heavy atom. The number of pyridine rings is 2. The molecule has 0 radical (unpaired) electrons. The van der Waals surface area contributed by atoms with E-state index in [0.29, 0.717) is 0 Å². The smallest absolute Gasteiger partial charge is 0.272 e. The number of thiophene rings is 1. The van der Waals surface area contributed by atoms with E-state index in [2.05, 4.69) is 20.0 Å². The fourth-order valence-corrected chi connectivity index (χ4v) is 4.49. The van der Waals surface area contributed by atoms with Crippen LogP contribution in [0.25, 0.3) is 10.9 Å². The van der Waals surface area contributed by atoms with Crippen LogP contribution in [-0.4, -0.2) is 18.4 Å². The Morgan fingerprint density at radius 2 is 1.81 bits per heavy atom. The van der Waals surface area contributed by atoms with Gasteiger partial charge in [0, 0.05) is 11.6 Å². The molecule has 0 saturated carbocycles. The predicted molar refractivity (Wildman–Crippen MR) is 104 cm³/mol. The number of benzene rings is 1. The molecule has 3 aromatic heterocycles. The molecule has 0 spiro atoms. The average molecular weight is 382 g/mol. The van der Waals surface area contributed by atoms with Gasteiger partial charge in [-0.25, -0.2) is 13.4 Å². The van der Waals surface area contributed by atoms with Gasteiger partial charge in [0.25, 0.3) is 10.0 Å². The van der Waals surface area contributed by atoms with Crippen molar-refractivity contribution < 1.29 is 8.42 Å². The summed E-state index contributed by atoms with van der Waals surface area (Å²) in [4.78, 5) is 8.58. The number of sulfonamides is 1. The second kappa shape index (κ2) is 6.74. The van der Waals surface area contributed by atoms with Gasteiger partial charge in [-0.15, -0.1) is 11.3 Å². The number of fused-ring (bicyclic) bond motifs is 1. The first-order chi connectivity index (χ1) is 12.6. The van der Waals surface area contributed by atoms with Crippen LogP contribution in [0, 0.1) is 0 Å². The van der Waals surface area contributed by atoms with Gasteiger partial charge in [0.1, 0.15) is 10.0 Å². The molecule has 1 aromatic carbocycles. The molecule has 4 rings (SSSR count). The van der Waals surface area contributed by atoms with Crippen LogP contribution in [0.4, 0.5) is 17.2 Å². The topological polar surface area (TPSA) is 84.0 Å². The monoisotopic (exact) mass is 382 g/mol. The lowest BCUT2D eigenvalue weighted by molar-refractivity contribution is 0.603. The quantitative estimate of drug-likeness (QED) is 0.539. The first-order valence-electron chi connectivity index (χ1n) is 7.75. The van der Waals surface area contributed by atoms with Crippen LogP contribution < -0.4 is 10.0 Å². The van der Waals surface area contributed by atoms with E-state index < -0.39 is 10.0 Å². The molecular weight excluding hydrogens is 368 g/mol. The molecule has 0 atom stereocenters. The maximum Gasteiger partial charge on any atom is 0.272 e. The van der Waals surface area contributed by atoms with Crippen molar-refractivity contribution in [3.63, 3.8) is 0 Å². The van der Waals surface area contributed by atoms with E-state index in [9.17, 15) is 8.42 Å². The lowest BCUT2D eigenvalue weighted by atomic mass is 10.2. The fourth-order valence-electron chi connectivity index (χ4n) is 2.49. The van der Waals surface area contributed by atoms with E-state index in [1.54, 1.807) is 42.0 Å². The summed E-state index contributed by atoms with van der Waals surface area (Å²) in [6.07, 6.45) is 3.32. The van der Waals surface area contributed by atoms with Crippen molar-refractivity contribution in [1.29, 1.82) is 0 Å². The first-order valence-corrected chi connectivity index (χ1v) is 10.1. The van der Waals surface area contributed by atoms with Gasteiger partial charge in [-0.1, -0.05) is 24.3 Å². The third kappa shape index (κ3) is 3.37. The van der Waals surface area contributed by atoms with E-state index in [0.717, 1.165) is 33.6 Å². The van der Waals surface area contributed by atoms with E-state index in [-0.39, 0.29) is 10.0 Å². The van der Waals surface area contributed by atoms with Crippen LogP contribution in [-0.2, 0) is 10.0 Å². The van der Waals surface area contributed by atoms with Crippen LogP contribution >= 0.6 is 11.3 Å². The van der Waals surface area contributed by atoms with Gasteiger partial charge in [-0.2, -0.15) is 0 Å². The standard InChI is InChI=1S/C18H14N4O2S2/c23-26(24,17-7-3-11-25-17)22-16-9-8-14(12-20-16)21-15-6-1-4-13-5-2-10-19-18(13)15/h1-12,21H,(H,20,22). The zero-order valence-corrected chi connectivity index (χ0v) is 15.1. The molecule has 130 valence electrons. The minimum absolute atomic E-state index is 0.253. The number of aromatic nitrogens is 2. The molecular formula is C18H14N4O2S2. The van der Waals surface area contributed by atoms with Gasteiger partial charge < -0.3 is 5.32 Å². The van der Waals surface area contributed by atoms with Gasteiger partial charge in [0.15, 0.2) is 0 Å². The summed E-state index contributed by atoms with van der Waals surface area (Å²) < 4.78 is 27.2. The molecule has 0 saturated heterocycles. The van der Waals surface area contributed by atoms with E-state index in [1.165, 1.54) is 0 Å². The highest BCUT2D eigenvalue weighted by atomic mass is 32.2. The number of hydrogen-bond acceptors (Lipinski definition) is 6. The first kappa shape index (κ1) is 16.5. The molecule has 0 unspecified atom stereocenters. The average Bonchev–Trinajstić information content (AvgIpc) is 3.19. The zero-order chi connectivity index (χ0) is 18.0. The molecule has 0 fully saturated rings. The summed E-state index contributed by atoms with van der Waals surface area (Å²) >= 11 is 1.16. The number of rotatable bonds is 5. The van der Waals surface area contributed by atoms with E-state index in [1.807, 2.05) is 30.3 Å². The highest BCUT2D eigenvalue weighted by Crippen LogP contribution is 2.25. The van der Waals surface area contributed by atoms with Crippen molar-refractivity contribution in [3.8, 4) is 0 Å². The number of nitrogens with one attached hydrogen (secondary N) is 2. The Bertz CT molecular complexity index is 1140. The molecule has 0 amide bonds. The lowest BCUT2D eigenvalue weighted by Crippen LogP contribution is -2.12. The molecule has 2 N–H and O–H groups in total. The summed E-state index contributed by atoms with van der Waals surface area (Å²) in [6.45, 7) is 0. The Labute approximate surface area is 154 Å². The molecule has 0 aliphatic rings. The molecule has 3 heterocycles. The second-order valence-corrected chi connectivity index (χ2v) is 8.33. The van der Waals surface area contributed by atoms with Crippen molar-refractivity contribution in [3.05, 3.63) is 72.4 Å². The number of para-hydroxylation sites is 1. The molecule has 0 bridgehead atoms. The molecule has 8 heteroatoms. The summed E-state index contributed by atoms with van der Waals surface area (Å²) in [6, 6.07) is 16.4. The maximum atomic E-state index is 12.2. The van der Waals surface area contributed by atoms with Gasteiger partial charge >= 0.3 is 0 Å². The Balaban J connectivity index is 1.55. The minimum Gasteiger partial charge on any atom is -0.352 e. The normalized spacial score (nSPS) is 11.4. The maximum absolute atomic E-state index is 12.2. The summed E-state index contributed by atoms with van der Waals surface area (Å²) in [7, 11) is -3.59. The van der Waals surface area contributed by atoms with Crippen molar-refractivity contribution in [2.75, 3.05) is 10.0 Å². The lowest BCUT2D eigenvalue weighted by Gasteiger charge is -2.10. The third-order valence-electron chi connectivity index (χ3n) is 3.67. The molecule has 26 heavy (non-hydrogen) atoms. The van der Waals surface area contributed by atoms with Crippen LogP contribution in [0.5, 0.6) is 0 Å². The molecule has 6 nitrogen and oxygen atoms in total.